The van der Waals surface area contributed by atoms with Crippen LogP contribution < -0.4 is 15.4 Å². The smallest absolute Gasteiger partial charge is 0.271 e. The third kappa shape index (κ3) is 3.69. The highest BCUT2D eigenvalue weighted by molar-refractivity contribution is 6.02. The number of hydrogen-bond acceptors (Lipinski definition) is 5. The van der Waals surface area contributed by atoms with Crippen molar-refractivity contribution < 1.29 is 19.1 Å². The predicted molar refractivity (Wildman–Crippen MR) is 119 cm³/mol. The number of carbonyl (C=O) groups is 3. The fourth-order valence-corrected chi connectivity index (χ4v) is 5.51. The average molecular weight is 450 g/mol. The molecule has 3 aliphatic rings. The molecule has 1 saturated carbocycles. The molecule has 2 aliphatic heterocycles. The highest BCUT2D eigenvalue weighted by atomic mass is 16.5. The van der Waals surface area contributed by atoms with Crippen LogP contribution in [-0.4, -0.2) is 59.9 Å². The van der Waals surface area contributed by atoms with Crippen molar-refractivity contribution in [1.29, 1.82) is 5.26 Å². The topological polar surface area (TPSA) is 127 Å². The highest BCUT2D eigenvalue weighted by Gasteiger charge is 2.52. The molecule has 0 bridgehead atoms. The van der Waals surface area contributed by atoms with Gasteiger partial charge in [-0.2, -0.15) is 5.26 Å². The molecule has 3 fully saturated rings. The van der Waals surface area contributed by atoms with Crippen molar-refractivity contribution >= 4 is 28.6 Å². The Bertz CT molecular complexity index is 1150. The lowest BCUT2D eigenvalue weighted by atomic mass is 9.73. The summed E-state index contributed by atoms with van der Waals surface area (Å²) in [6.45, 7) is 1.12. The number of rotatable bonds is 6. The van der Waals surface area contributed by atoms with E-state index in [0.29, 0.717) is 36.9 Å². The van der Waals surface area contributed by atoms with E-state index in [2.05, 4.69) is 21.7 Å². The van der Waals surface area contributed by atoms with Crippen molar-refractivity contribution in [1.82, 2.24) is 20.5 Å². The van der Waals surface area contributed by atoms with Gasteiger partial charge in [-0.15, -0.1) is 0 Å². The SMILES string of the molecule is COc1cccc2[nH]c(C(=O)N3CC4CCC4C3C(=O)NC(C#N)C[C@@H]3CCNC3=O)cc12. The largest absolute Gasteiger partial charge is 0.496 e. The van der Waals surface area contributed by atoms with E-state index < -0.39 is 12.1 Å². The Kier molecular flexibility index (Phi) is 5.44. The van der Waals surface area contributed by atoms with Crippen LogP contribution in [0.15, 0.2) is 24.3 Å². The third-order valence-electron chi connectivity index (χ3n) is 7.41. The Morgan fingerprint density at radius 1 is 1.33 bits per heavy atom. The number of aromatic nitrogens is 1. The van der Waals surface area contributed by atoms with E-state index in [1.807, 2.05) is 18.2 Å². The lowest BCUT2D eigenvalue weighted by Gasteiger charge is -2.33. The molecule has 3 N–H and O–H groups in total. The number of methoxy groups -OCH3 is 1. The van der Waals surface area contributed by atoms with Crippen molar-refractivity contribution in [3.63, 3.8) is 0 Å². The second kappa shape index (κ2) is 8.43. The van der Waals surface area contributed by atoms with E-state index in [1.54, 1.807) is 18.1 Å². The summed E-state index contributed by atoms with van der Waals surface area (Å²) >= 11 is 0. The molecule has 1 aromatic carbocycles. The van der Waals surface area contributed by atoms with Crippen molar-refractivity contribution in [3.8, 4) is 11.8 Å². The molecule has 4 unspecified atom stereocenters. The van der Waals surface area contributed by atoms with Gasteiger partial charge in [0, 0.05) is 29.9 Å². The van der Waals surface area contributed by atoms with E-state index in [1.165, 1.54) is 0 Å². The van der Waals surface area contributed by atoms with Crippen LogP contribution in [0.4, 0.5) is 0 Å². The van der Waals surface area contributed by atoms with Crippen LogP contribution in [0.3, 0.4) is 0 Å². The normalized spacial score (nSPS) is 26.8. The number of likely N-dealkylation sites (tertiary alicyclic amines) is 1. The van der Waals surface area contributed by atoms with Gasteiger partial charge in [0.15, 0.2) is 0 Å². The monoisotopic (exact) mass is 449 g/mol. The minimum atomic E-state index is -0.764. The number of H-pyrrole nitrogens is 1. The number of amides is 3. The molecule has 9 heteroatoms. The van der Waals surface area contributed by atoms with Crippen LogP contribution in [-0.2, 0) is 9.59 Å². The van der Waals surface area contributed by atoms with Crippen LogP contribution in [0, 0.1) is 29.1 Å². The van der Waals surface area contributed by atoms with Gasteiger partial charge in [0.25, 0.3) is 5.91 Å². The minimum Gasteiger partial charge on any atom is -0.496 e. The van der Waals surface area contributed by atoms with Gasteiger partial charge in [-0.3, -0.25) is 14.4 Å². The molecule has 9 nitrogen and oxygen atoms in total. The van der Waals surface area contributed by atoms with Crippen LogP contribution in [0.2, 0.25) is 0 Å². The first-order valence-corrected chi connectivity index (χ1v) is 11.4. The lowest BCUT2D eigenvalue weighted by molar-refractivity contribution is -0.128. The molecule has 0 spiro atoms. The van der Waals surface area contributed by atoms with E-state index >= 15 is 0 Å². The van der Waals surface area contributed by atoms with Crippen LogP contribution >= 0.6 is 0 Å². The molecule has 2 saturated heterocycles. The number of nitrogens with zero attached hydrogens (tertiary/aromatic N) is 2. The summed E-state index contributed by atoms with van der Waals surface area (Å²) in [5.41, 5.74) is 1.20. The summed E-state index contributed by atoms with van der Waals surface area (Å²) < 4.78 is 5.40. The van der Waals surface area contributed by atoms with E-state index in [0.717, 1.165) is 23.7 Å². The number of ether oxygens (including phenoxy) is 1. The fourth-order valence-electron chi connectivity index (χ4n) is 5.51. The number of aromatic amines is 1. The van der Waals surface area contributed by atoms with Crippen LogP contribution in [0.25, 0.3) is 10.9 Å². The Morgan fingerprint density at radius 2 is 2.18 bits per heavy atom. The van der Waals surface area contributed by atoms with Gasteiger partial charge in [-0.05, 0) is 55.7 Å². The summed E-state index contributed by atoms with van der Waals surface area (Å²) in [6.07, 6.45) is 2.82. The molecule has 3 amide bonds. The fraction of sp³-hybridized carbons (Fsp3) is 0.500. The molecule has 2 aromatic rings. The van der Waals surface area contributed by atoms with Crippen molar-refractivity contribution in [2.45, 2.75) is 37.8 Å². The molecule has 3 heterocycles. The number of nitriles is 1. The van der Waals surface area contributed by atoms with Gasteiger partial charge in [-0.1, -0.05) is 6.07 Å². The van der Waals surface area contributed by atoms with Gasteiger partial charge in [0.2, 0.25) is 11.8 Å². The van der Waals surface area contributed by atoms with Crippen molar-refractivity contribution in [2.24, 2.45) is 17.8 Å². The maximum atomic E-state index is 13.5. The quantitative estimate of drug-likeness (QED) is 0.617. The van der Waals surface area contributed by atoms with Gasteiger partial charge >= 0.3 is 0 Å². The van der Waals surface area contributed by atoms with E-state index in [4.69, 9.17) is 4.74 Å². The number of carbonyl (C=O) groups excluding carboxylic acids is 3. The number of fused-ring (bicyclic) bond motifs is 2. The summed E-state index contributed by atoms with van der Waals surface area (Å²) in [4.78, 5) is 43.5. The molecule has 1 aliphatic carbocycles. The average Bonchev–Trinajstić information content (AvgIpc) is 3.48. The summed E-state index contributed by atoms with van der Waals surface area (Å²) in [5, 5.41) is 16.0. The Hall–Kier alpha value is -3.54. The molecule has 172 valence electrons. The summed E-state index contributed by atoms with van der Waals surface area (Å²) in [6, 6.07) is 8.07. The first kappa shape index (κ1) is 21.3. The van der Waals surface area contributed by atoms with Crippen LogP contribution in [0.1, 0.15) is 36.2 Å². The Morgan fingerprint density at radius 3 is 2.85 bits per heavy atom. The van der Waals surface area contributed by atoms with E-state index in [9.17, 15) is 19.6 Å². The molecular weight excluding hydrogens is 422 g/mol. The minimum absolute atomic E-state index is 0.0736. The molecule has 5 rings (SSSR count). The molecular formula is C24H27N5O4. The maximum Gasteiger partial charge on any atom is 0.271 e. The zero-order valence-electron chi connectivity index (χ0n) is 18.5. The highest BCUT2D eigenvalue weighted by Crippen LogP contribution is 2.45. The second-order valence-electron chi connectivity index (χ2n) is 9.21. The first-order chi connectivity index (χ1) is 16.0. The molecule has 5 atom stereocenters. The first-order valence-electron chi connectivity index (χ1n) is 11.4. The molecule has 1 aromatic heterocycles. The Labute approximate surface area is 191 Å². The number of nitrogens with one attached hydrogen (secondary N) is 3. The van der Waals surface area contributed by atoms with Crippen molar-refractivity contribution in [2.75, 3.05) is 20.2 Å². The molecule has 0 radical (unpaired) electrons. The zero-order chi connectivity index (χ0) is 23.1. The summed E-state index contributed by atoms with van der Waals surface area (Å²) in [7, 11) is 1.59. The second-order valence-corrected chi connectivity index (χ2v) is 9.21. The van der Waals surface area contributed by atoms with Crippen LogP contribution in [0.5, 0.6) is 5.75 Å². The summed E-state index contributed by atoms with van der Waals surface area (Å²) in [5.74, 6) is 0.184. The van der Waals surface area contributed by atoms with E-state index in [-0.39, 0.29) is 36.0 Å². The van der Waals surface area contributed by atoms with Gasteiger partial charge in [0.05, 0.1) is 13.2 Å². The lowest BCUT2D eigenvalue weighted by Crippen LogP contribution is -2.52. The maximum absolute atomic E-state index is 13.5. The predicted octanol–water partition coefficient (Wildman–Crippen LogP) is 1.56. The Balaban J connectivity index is 1.35. The van der Waals surface area contributed by atoms with Gasteiger partial charge in [-0.25, -0.2) is 0 Å². The molecule has 33 heavy (non-hydrogen) atoms. The number of benzene rings is 1. The van der Waals surface area contributed by atoms with Gasteiger partial charge < -0.3 is 25.3 Å². The third-order valence-corrected chi connectivity index (χ3v) is 7.41. The van der Waals surface area contributed by atoms with Crippen molar-refractivity contribution in [3.05, 3.63) is 30.0 Å². The standard InChI is InChI=1S/C24H27N5O4/c1-33-20-4-2-3-18-17(20)10-19(28-18)24(32)29-12-14-5-6-16(14)21(29)23(31)27-15(11-25)9-13-7-8-26-22(13)30/h2-4,10,13-16,21,28H,5-9,12H2,1H3,(H,26,30)(H,27,31)/t13-,14?,15?,16?,21?/m0/s1. The van der Waals surface area contributed by atoms with Gasteiger partial charge in [0.1, 0.15) is 23.5 Å². The number of hydrogen-bond donors (Lipinski definition) is 3. The zero-order valence-corrected chi connectivity index (χ0v) is 18.5.